The summed E-state index contributed by atoms with van der Waals surface area (Å²) in [7, 11) is 1.67. The Morgan fingerprint density at radius 2 is 1.44 bits per heavy atom. The van der Waals surface area contributed by atoms with Crippen LogP contribution in [-0.4, -0.2) is 8.42 Å². The van der Waals surface area contributed by atoms with E-state index in [1.807, 2.05) is 36.4 Å². The summed E-state index contributed by atoms with van der Waals surface area (Å²) >= 11 is 0. The van der Waals surface area contributed by atoms with E-state index in [4.69, 9.17) is 10.7 Å². The summed E-state index contributed by atoms with van der Waals surface area (Å²) in [6.45, 7) is 0. The van der Waals surface area contributed by atoms with E-state index in [1.165, 1.54) is 6.07 Å². The smallest absolute Gasteiger partial charge is 0.207 e. The van der Waals surface area contributed by atoms with Crippen molar-refractivity contribution in [2.75, 3.05) is 0 Å². The van der Waals surface area contributed by atoms with Crippen molar-refractivity contribution < 1.29 is 8.42 Å². The van der Waals surface area contributed by atoms with Gasteiger partial charge in [0, 0.05) is 10.7 Å². The predicted octanol–water partition coefficient (Wildman–Crippen LogP) is 3.92. The summed E-state index contributed by atoms with van der Waals surface area (Å²) < 4.78 is 22.6. The number of rotatable bonds is 1. The molecule has 0 heterocycles. The largest absolute Gasteiger partial charge is 0.261 e. The molecule has 2 nitrogen and oxygen atoms in total. The van der Waals surface area contributed by atoms with Gasteiger partial charge in [-0.2, -0.15) is 0 Å². The van der Waals surface area contributed by atoms with Gasteiger partial charge in [-0.3, -0.25) is 0 Å². The van der Waals surface area contributed by atoms with E-state index in [-0.39, 0.29) is 4.90 Å². The van der Waals surface area contributed by atoms with Crippen molar-refractivity contribution >= 4 is 41.3 Å². The van der Waals surface area contributed by atoms with E-state index >= 15 is 0 Å². The van der Waals surface area contributed by atoms with Crippen LogP contribution < -0.4 is 0 Å². The maximum atomic E-state index is 11.3. The number of halogens is 1. The minimum absolute atomic E-state index is 0.131. The van der Waals surface area contributed by atoms with Crippen molar-refractivity contribution in [3.63, 3.8) is 0 Å². The van der Waals surface area contributed by atoms with Crippen molar-refractivity contribution in [1.29, 1.82) is 0 Å². The lowest BCUT2D eigenvalue weighted by Crippen LogP contribution is -1.90. The van der Waals surface area contributed by atoms with Gasteiger partial charge in [0.05, 0.1) is 4.90 Å². The Balaban J connectivity index is 2.42. The van der Waals surface area contributed by atoms with Crippen molar-refractivity contribution in [3.05, 3.63) is 54.6 Å². The molecule has 0 aliphatic carbocycles. The lowest BCUT2D eigenvalue weighted by Gasteiger charge is -2.05. The minimum Gasteiger partial charge on any atom is -0.207 e. The maximum Gasteiger partial charge on any atom is 0.261 e. The zero-order valence-electron chi connectivity index (χ0n) is 9.30. The lowest BCUT2D eigenvalue weighted by atomic mass is 10.0. The topological polar surface area (TPSA) is 34.1 Å². The van der Waals surface area contributed by atoms with Crippen LogP contribution in [0.5, 0.6) is 0 Å². The number of hydrogen-bond donors (Lipinski definition) is 0. The quantitative estimate of drug-likeness (QED) is 0.499. The molecule has 3 aromatic carbocycles. The average molecular weight is 277 g/mol. The SMILES string of the molecule is O=S(=O)(Cl)c1ccc2c(ccc3ccccc32)c1. The first kappa shape index (κ1) is 11.5. The molecule has 0 aliphatic rings. The van der Waals surface area contributed by atoms with E-state index in [0.29, 0.717) is 0 Å². The number of fused-ring (bicyclic) bond motifs is 3. The Kier molecular flexibility index (Phi) is 2.54. The Morgan fingerprint density at radius 3 is 2.22 bits per heavy atom. The molecular formula is C14H9ClO2S. The Labute approximate surface area is 109 Å². The van der Waals surface area contributed by atoms with Gasteiger partial charge < -0.3 is 0 Å². The first-order valence-electron chi connectivity index (χ1n) is 5.42. The molecule has 0 saturated heterocycles. The highest BCUT2D eigenvalue weighted by Gasteiger charge is 2.10. The first-order valence-corrected chi connectivity index (χ1v) is 7.73. The first-order chi connectivity index (χ1) is 8.55. The monoisotopic (exact) mass is 276 g/mol. The van der Waals surface area contributed by atoms with Crippen LogP contribution in [0, 0.1) is 0 Å². The molecule has 0 aliphatic heterocycles. The maximum absolute atomic E-state index is 11.3. The van der Waals surface area contributed by atoms with Crippen molar-refractivity contribution in [3.8, 4) is 0 Å². The highest BCUT2D eigenvalue weighted by Crippen LogP contribution is 2.28. The normalized spacial score (nSPS) is 12.1. The standard InChI is InChI=1S/C14H9ClO2S/c15-18(16,17)12-7-8-14-11(9-12)6-5-10-3-1-2-4-13(10)14/h1-9H. The molecule has 0 bridgehead atoms. The third kappa shape index (κ3) is 1.85. The molecule has 18 heavy (non-hydrogen) atoms. The van der Waals surface area contributed by atoms with Crippen LogP contribution >= 0.6 is 10.7 Å². The highest BCUT2D eigenvalue weighted by molar-refractivity contribution is 8.13. The summed E-state index contributed by atoms with van der Waals surface area (Å²) in [6.07, 6.45) is 0. The van der Waals surface area contributed by atoms with Gasteiger partial charge in [0.1, 0.15) is 0 Å². The molecule has 4 heteroatoms. The highest BCUT2D eigenvalue weighted by atomic mass is 35.7. The van der Waals surface area contributed by atoms with Crippen molar-refractivity contribution in [1.82, 2.24) is 0 Å². The molecule has 0 N–H and O–H groups in total. The lowest BCUT2D eigenvalue weighted by molar-refractivity contribution is 0.609. The minimum atomic E-state index is -3.68. The fourth-order valence-corrected chi connectivity index (χ4v) is 2.93. The number of hydrogen-bond acceptors (Lipinski definition) is 2. The summed E-state index contributed by atoms with van der Waals surface area (Å²) in [6, 6.07) is 16.8. The third-order valence-electron chi connectivity index (χ3n) is 3.00. The van der Waals surface area contributed by atoms with Crippen LogP contribution in [0.25, 0.3) is 21.5 Å². The molecule has 3 rings (SSSR count). The van der Waals surface area contributed by atoms with Gasteiger partial charge in [-0.15, -0.1) is 0 Å². The molecule has 0 aromatic heterocycles. The summed E-state index contributed by atoms with van der Waals surface area (Å²) in [5.74, 6) is 0. The molecule has 0 unspecified atom stereocenters. The van der Waals surface area contributed by atoms with E-state index in [2.05, 4.69) is 0 Å². The summed E-state index contributed by atoms with van der Waals surface area (Å²) in [5.41, 5.74) is 0. The second kappa shape index (κ2) is 3.97. The molecular weight excluding hydrogens is 268 g/mol. The fraction of sp³-hybridized carbons (Fsp3) is 0. The molecule has 3 aromatic rings. The molecule has 0 amide bonds. The zero-order chi connectivity index (χ0) is 12.8. The van der Waals surface area contributed by atoms with Gasteiger partial charge in [0.2, 0.25) is 0 Å². The Morgan fingerprint density at radius 1 is 0.778 bits per heavy atom. The molecule has 0 saturated carbocycles. The van der Waals surface area contributed by atoms with Crippen LogP contribution in [-0.2, 0) is 9.05 Å². The van der Waals surface area contributed by atoms with Crippen LogP contribution in [0.2, 0.25) is 0 Å². The van der Waals surface area contributed by atoms with E-state index in [1.54, 1.807) is 12.1 Å². The summed E-state index contributed by atoms with van der Waals surface area (Å²) in [4.78, 5) is 0.131. The van der Waals surface area contributed by atoms with Crippen LogP contribution in [0.4, 0.5) is 0 Å². The van der Waals surface area contributed by atoms with E-state index in [9.17, 15) is 8.42 Å². The van der Waals surface area contributed by atoms with Crippen LogP contribution in [0.1, 0.15) is 0 Å². The third-order valence-corrected chi connectivity index (χ3v) is 4.35. The van der Waals surface area contributed by atoms with E-state index in [0.717, 1.165) is 21.5 Å². The van der Waals surface area contributed by atoms with Crippen molar-refractivity contribution in [2.24, 2.45) is 0 Å². The number of benzene rings is 3. The Hall–Kier alpha value is -1.58. The molecule has 0 atom stereocenters. The molecule has 0 radical (unpaired) electrons. The van der Waals surface area contributed by atoms with E-state index < -0.39 is 9.05 Å². The van der Waals surface area contributed by atoms with Gasteiger partial charge in [-0.25, -0.2) is 8.42 Å². The van der Waals surface area contributed by atoms with Crippen molar-refractivity contribution in [2.45, 2.75) is 4.90 Å². The Bertz CT molecular complexity index is 854. The molecule has 90 valence electrons. The second-order valence-corrected chi connectivity index (χ2v) is 6.67. The predicted molar refractivity (Wildman–Crippen MR) is 74.5 cm³/mol. The average Bonchev–Trinajstić information content (AvgIpc) is 2.37. The van der Waals surface area contributed by atoms with Crippen LogP contribution in [0.15, 0.2) is 59.5 Å². The molecule has 0 fully saturated rings. The fourth-order valence-electron chi connectivity index (χ4n) is 2.14. The molecule has 0 spiro atoms. The second-order valence-electron chi connectivity index (χ2n) is 4.11. The van der Waals surface area contributed by atoms with Gasteiger partial charge in [-0.05, 0) is 33.7 Å². The van der Waals surface area contributed by atoms with Gasteiger partial charge in [0.25, 0.3) is 9.05 Å². The van der Waals surface area contributed by atoms with Gasteiger partial charge in [-0.1, -0.05) is 42.5 Å². The van der Waals surface area contributed by atoms with Gasteiger partial charge in [0.15, 0.2) is 0 Å². The van der Waals surface area contributed by atoms with Gasteiger partial charge >= 0.3 is 0 Å². The zero-order valence-corrected chi connectivity index (χ0v) is 10.9. The van der Waals surface area contributed by atoms with Crippen LogP contribution in [0.3, 0.4) is 0 Å². The summed E-state index contributed by atoms with van der Waals surface area (Å²) in [5, 5.41) is 4.13.